The molecule has 3 rings (SSSR count). The molecule has 0 bridgehead atoms. The van der Waals surface area contributed by atoms with E-state index in [9.17, 15) is 33.1 Å². The van der Waals surface area contributed by atoms with Gasteiger partial charge in [-0.2, -0.15) is 0 Å². The molecule has 1 unspecified atom stereocenters. The lowest BCUT2D eigenvalue weighted by Crippen LogP contribution is -2.43. The molecule has 1 atom stereocenters. The van der Waals surface area contributed by atoms with E-state index in [-0.39, 0.29) is 11.4 Å². The number of amides is 2. The molecule has 34 heavy (non-hydrogen) atoms. The molecule has 0 saturated heterocycles. The molecule has 176 valence electrons. The van der Waals surface area contributed by atoms with Crippen LogP contribution in [0.5, 0.6) is 0 Å². The van der Waals surface area contributed by atoms with E-state index >= 15 is 0 Å². The van der Waals surface area contributed by atoms with Gasteiger partial charge in [0, 0.05) is 23.7 Å². The average Bonchev–Trinajstić information content (AvgIpc) is 2.74. The third-order valence-corrected chi connectivity index (χ3v) is 5.05. The number of rotatable bonds is 7. The van der Waals surface area contributed by atoms with Gasteiger partial charge in [-0.05, 0) is 37.1 Å². The second kappa shape index (κ2) is 10.0. The zero-order chi connectivity index (χ0) is 25.0. The van der Waals surface area contributed by atoms with Crippen molar-refractivity contribution in [1.82, 2.24) is 15.3 Å². The van der Waals surface area contributed by atoms with E-state index in [0.29, 0.717) is 16.7 Å². The number of hydrogen-bond acceptors (Lipinski definition) is 5. The number of carbonyl (C=O) groups excluding carboxylic acids is 2. The molecule has 0 fully saturated rings. The van der Waals surface area contributed by atoms with Gasteiger partial charge in [0.1, 0.15) is 29.1 Å². The Morgan fingerprint density at radius 1 is 1.00 bits per heavy atom. The fourth-order valence-corrected chi connectivity index (χ4v) is 3.40. The summed E-state index contributed by atoms with van der Waals surface area (Å²) in [7, 11) is 0. The highest BCUT2D eigenvalue weighted by Gasteiger charge is 2.26. The van der Waals surface area contributed by atoms with Crippen molar-refractivity contribution in [3.8, 4) is 0 Å². The highest BCUT2D eigenvalue weighted by Crippen LogP contribution is 2.18. The summed E-state index contributed by atoms with van der Waals surface area (Å²) in [6.07, 6.45) is 0.591. The van der Waals surface area contributed by atoms with Crippen LogP contribution in [0.3, 0.4) is 0 Å². The van der Waals surface area contributed by atoms with Crippen molar-refractivity contribution in [1.29, 1.82) is 0 Å². The van der Waals surface area contributed by atoms with Gasteiger partial charge in [-0.25, -0.2) is 23.4 Å². The smallest absolute Gasteiger partial charge is 0.346 e. The van der Waals surface area contributed by atoms with Gasteiger partial charge in [0.2, 0.25) is 0 Å². The van der Waals surface area contributed by atoms with Gasteiger partial charge in [0.15, 0.2) is 0 Å². The molecule has 11 heteroatoms. The second-order valence-electron chi connectivity index (χ2n) is 7.47. The minimum Gasteiger partial charge on any atom is -0.480 e. The predicted molar refractivity (Wildman–Crippen MR) is 118 cm³/mol. The first-order valence-electron chi connectivity index (χ1n) is 10.0. The Balaban J connectivity index is 1.89. The van der Waals surface area contributed by atoms with Crippen LogP contribution in [0.25, 0.3) is 0 Å². The fraction of sp³-hybridized carbons (Fsp3) is 0.174. The molecule has 3 aromatic rings. The number of aryl methyl sites for hydroxylation is 2. The number of carbonyl (C=O) groups is 3. The molecule has 1 aromatic heterocycles. The van der Waals surface area contributed by atoms with E-state index < -0.39 is 53.1 Å². The summed E-state index contributed by atoms with van der Waals surface area (Å²) < 4.78 is 27.8. The van der Waals surface area contributed by atoms with Crippen LogP contribution in [0.4, 0.5) is 14.6 Å². The van der Waals surface area contributed by atoms with Crippen LogP contribution < -0.4 is 16.3 Å². The Labute approximate surface area is 191 Å². The normalized spacial score (nSPS) is 11.5. The highest BCUT2D eigenvalue weighted by atomic mass is 19.1. The van der Waals surface area contributed by atoms with Crippen molar-refractivity contribution in [2.75, 3.05) is 5.32 Å². The molecule has 2 amide bonds. The number of hydrogen-bond donors (Lipinski definition) is 4. The molecule has 9 nitrogen and oxygen atoms in total. The first-order valence-corrected chi connectivity index (χ1v) is 10.0. The van der Waals surface area contributed by atoms with Crippen LogP contribution in [0.1, 0.15) is 37.4 Å². The van der Waals surface area contributed by atoms with Crippen LogP contribution in [0.15, 0.2) is 47.4 Å². The summed E-state index contributed by atoms with van der Waals surface area (Å²) in [5, 5.41) is 14.2. The molecule has 0 radical (unpaired) electrons. The Hall–Kier alpha value is -4.41. The van der Waals surface area contributed by atoms with Crippen molar-refractivity contribution < 1.29 is 28.3 Å². The molecular weight excluding hydrogens is 450 g/mol. The number of carboxylic acids is 1. The van der Waals surface area contributed by atoms with E-state index in [0.717, 1.165) is 24.4 Å². The monoisotopic (exact) mass is 470 g/mol. The second-order valence-corrected chi connectivity index (χ2v) is 7.47. The summed E-state index contributed by atoms with van der Waals surface area (Å²) in [4.78, 5) is 54.6. The molecule has 4 N–H and O–H groups in total. The van der Waals surface area contributed by atoms with Gasteiger partial charge in [-0.15, -0.1) is 0 Å². The molecule has 0 saturated carbocycles. The number of carboxylic acid groups (broad SMARTS) is 1. The number of halogens is 2. The molecule has 0 spiro atoms. The van der Waals surface area contributed by atoms with Crippen molar-refractivity contribution in [3.63, 3.8) is 0 Å². The summed E-state index contributed by atoms with van der Waals surface area (Å²) in [5.74, 6) is -5.78. The number of anilines is 1. The Morgan fingerprint density at radius 3 is 2.18 bits per heavy atom. The number of nitrogens with one attached hydrogen (secondary N) is 3. The van der Waals surface area contributed by atoms with Crippen molar-refractivity contribution in [2.24, 2.45) is 0 Å². The number of aromatic amines is 1. The SMILES string of the molecule is Cc1cccc(C)c1C(=O)Nc1[nH]c(=O)ncc1CC(NC(=O)c1c(F)cccc1F)C(=O)O. The molecule has 2 aromatic carbocycles. The highest BCUT2D eigenvalue weighted by molar-refractivity contribution is 6.06. The average molecular weight is 470 g/mol. The number of H-pyrrole nitrogens is 1. The lowest BCUT2D eigenvalue weighted by molar-refractivity contribution is -0.139. The number of nitrogens with zero attached hydrogens (tertiary/aromatic N) is 1. The quantitative estimate of drug-likeness (QED) is 0.418. The molecule has 1 heterocycles. The van der Waals surface area contributed by atoms with Gasteiger partial charge in [0.05, 0.1) is 0 Å². The van der Waals surface area contributed by atoms with E-state index in [1.54, 1.807) is 32.0 Å². The maximum absolute atomic E-state index is 13.9. The van der Waals surface area contributed by atoms with Crippen LogP contribution in [-0.4, -0.2) is 38.9 Å². The minimum absolute atomic E-state index is 0.0703. The van der Waals surface area contributed by atoms with Gasteiger partial charge >= 0.3 is 11.7 Å². The summed E-state index contributed by atoms with van der Waals surface area (Å²) >= 11 is 0. The number of aromatic nitrogens is 2. The third-order valence-electron chi connectivity index (χ3n) is 5.05. The maximum atomic E-state index is 13.9. The van der Waals surface area contributed by atoms with E-state index in [1.165, 1.54) is 0 Å². The maximum Gasteiger partial charge on any atom is 0.346 e. The number of benzene rings is 2. The van der Waals surface area contributed by atoms with Crippen molar-refractivity contribution in [3.05, 3.63) is 92.5 Å². The first-order chi connectivity index (χ1) is 16.1. The lowest BCUT2D eigenvalue weighted by Gasteiger charge is -2.17. The number of aliphatic carboxylic acids is 1. The van der Waals surface area contributed by atoms with E-state index in [4.69, 9.17) is 0 Å². The van der Waals surface area contributed by atoms with Crippen LogP contribution in [-0.2, 0) is 11.2 Å². The molecular formula is C23H20F2N4O5. The van der Waals surface area contributed by atoms with Gasteiger partial charge in [0.25, 0.3) is 11.8 Å². The van der Waals surface area contributed by atoms with Crippen LogP contribution in [0, 0.1) is 25.5 Å². The summed E-state index contributed by atoms with van der Waals surface area (Å²) in [6, 6.07) is 6.37. The molecule has 0 aliphatic rings. The Bertz CT molecular complexity index is 1300. The topological polar surface area (TPSA) is 141 Å². The van der Waals surface area contributed by atoms with Crippen molar-refractivity contribution >= 4 is 23.6 Å². The van der Waals surface area contributed by atoms with Gasteiger partial charge < -0.3 is 15.7 Å². The summed E-state index contributed by atoms with van der Waals surface area (Å²) in [6.45, 7) is 3.46. The molecule has 0 aliphatic heterocycles. The molecule has 0 aliphatic carbocycles. The van der Waals surface area contributed by atoms with Crippen LogP contribution in [0.2, 0.25) is 0 Å². The summed E-state index contributed by atoms with van der Waals surface area (Å²) in [5.41, 5.74) is 0.0583. The Morgan fingerprint density at radius 2 is 1.59 bits per heavy atom. The minimum atomic E-state index is -1.66. The lowest BCUT2D eigenvalue weighted by atomic mass is 10.0. The van der Waals surface area contributed by atoms with Crippen molar-refractivity contribution in [2.45, 2.75) is 26.3 Å². The van der Waals surface area contributed by atoms with Crippen LogP contribution >= 0.6 is 0 Å². The van der Waals surface area contributed by atoms with E-state index in [1.807, 2.05) is 0 Å². The first kappa shape index (κ1) is 24.2. The van der Waals surface area contributed by atoms with Gasteiger partial charge in [-0.3, -0.25) is 14.6 Å². The Kier molecular flexibility index (Phi) is 7.15. The predicted octanol–water partition coefficient (Wildman–Crippen LogP) is 2.34. The van der Waals surface area contributed by atoms with Gasteiger partial charge in [-0.1, -0.05) is 24.3 Å². The standard InChI is InChI=1S/C23H20F2N4O5/c1-11-5-3-6-12(2)17(11)20(30)28-19-13(10-26-23(34)29-19)9-16(22(32)33)27-21(31)18-14(24)7-4-8-15(18)25/h3-8,10,16H,9H2,1-2H3,(H,27,31)(H,32,33)(H2,26,28,29,30,34). The zero-order valence-electron chi connectivity index (χ0n) is 18.1. The van der Waals surface area contributed by atoms with E-state index in [2.05, 4.69) is 20.6 Å². The fourth-order valence-electron chi connectivity index (χ4n) is 3.40. The third kappa shape index (κ3) is 5.31. The largest absolute Gasteiger partial charge is 0.480 e. The zero-order valence-corrected chi connectivity index (χ0v) is 18.1.